The number of halogens is 1. The highest BCUT2D eigenvalue weighted by Crippen LogP contribution is 2.32. The van der Waals surface area contributed by atoms with Crippen molar-refractivity contribution in [3.63, 3.8) is 0 Å². The Hall–Kier alpha value is -0.0631. The first-order valence-electron chi connectivity index (χ1n) is 6.15. The van der Waals surface area contributed by atoms with E-state index < -0.39 is 7.63 Å². The maximum Gasteiger partial charge on any atom is 0.330 e. The highest BCUT2D eigenvalue weighted by Gasteiger charge is 2.35. The Morgan fingerprint density at radius 3 is 2.62 bits per heavy atom. The van der Waals surface area contributed by atoms with Crippen LogP contribution >= 0.6 is 11.1 Å². The van der Waals surface area contributed by atoms with Gasteiger partial charge in [0.05, 0.1) is 6.61 Å². The maximum atomic E-state index is 11.3. The minimum absolute atomic E-state index is 0.0411. The van der Waals surface area contributed by atoms with Gasteiger partial charge in [-0.2, -0.15) is 0 Å². The molecular formula is C11H21ClO3Si. The van der Waals surface area contributed by atoms with Gasteiger partial charge in [-0.05, 0) is 18.5 Å². The van der Waals surface area contributed by atoms with Crippen LogP contribution in [0.5, 0.6) is 0 Å². The highest BCUT2D eigenvalue weighted by atomic mass is 35.6. The minimum atomic E-state index is -2.08. The summed E-state index contributed by atoms with van der Waals surface area (Å²) in [6, 6.07) is 1.94. The first-order valence-corrected chi connectivity index (χ1v) is 9.48. The number of ether oxygens (including phenoxy) is 1. The number of unbranched alkanes of at least 4 members (excludes halogenated alkanes) is 1. The summed E-state index contributed by atoms with van der Waals surface area (Å²) >= 11 is 6.39. The van der Waals surface area contributed by atoms with Crippen LogP contribution in [0.3, 0.4) is 0 Å². The number of carbonyl (C=O) groups is 1. The molecule has 0 aromatic carbocycles. The monoisotopic (exact) mass is 264 g/mol. The van der Waals surface area contributed by atoms with Crippen molar-refractivity contribution in [1.82, 2.24) is 0 Å². The predicted molar refractivity (Wildman–Crippen MR) is 66.9 cm³/mol. The Labute approximate surface area is 103 Å². The predicted octanol–water partition coefficient (Wildman–Crippen LogP) is 3.21. The van der Waals surface area contributed by atoms with Gasteiger partial charge in [0.2, 0.25) is 0 Å². The zero-order chi connectivity index (χ0) is 11.9. The van der Waals surface area contributed by atoms with E-state index in [4.69, 9.17) is 20.2 Å². The number of hydrogen-bond acceptors (Lipinski definition) is 3. The summed E-state index contributed by atoms with van der Waals surface area (Å²) in [6.07, 6.45) is 5.46. The molecule has 1 heterocycles. The second-order valence-corrected chi connectivity index (χ2v) is 9.43. The summed E-state index contributed by atoms with van der Waals surface area (Å²) in [7, 11) is -2.08. The molecule has 94 valence electrons. The largest absolute Gasteiger partial charge is 0.464 e. The van der Waals surface area contributed by atoms with Crippen LogP contribution < -0.4 is 0 Å². The molecule has 0 amide bonds. The molecule has 0 unspecified atom stereocenters. The lowest BCUT2D eigenvalue weighted by molar-refractivity contribution is -0.146. The molecule has 1 rings (SSSR count). The van der Waals surface area contributed by atoms with Gasteiger partial charge in [-0.1, -0.05) is 32.6 Å². The van der Waals surface area contributed by atoms with E-state index in [1.54, 1.807) is 0 Å². The first-order chi connectivity index (χ1) is 7.66. The fraction of sp³-hybridized carbons (Fsp3) is 0.909. The molecule has 0 bridgehead atoms. The fourth-order valence-corrected chi connectivity index (χ4v) is 5.22. The van der Waals surface area contributed by atoms with Gasteiger partial charge >= 0.3 is 5.97 Å². The van der Waals surface area contributed by atoms with Crippen LogP contribution in [0.15, 0.2) is 0 Å². The number of carbonyl (C=O) groups excluding carboxylic acids is 1. The maximum absolute atomic E-state index is 11.3. The molecule has 16 heavy (non-hydrogen) atoms. The minimum Gasteiger partial charge on any atom is -0.464 e. The molecule has 0 spiro atoms. The number of rotatable bonds is 6. The van der Waals surface area contributed by atoms with Crippen molar-refractivity contribution in [2.75, 3.05) is 13.2 Å². The van der Waals surface area contributed by atoms with Crippen LogP contribution in [0.1, 0.15) is 39.0 Å². The summed E-state index contributed by atoms with van der Waals surface area (Å²) in [5.41, 5.74) is 0. The molecule has 1 saturated heterocycles. The second kappa shape index (κ2) is 7.30. The lowest BCUT2D eigenvalue weighted by Crippen LogP contribution is -2.36. The van der Waals surface area contributed by atoms with Crippen molar-refractivity contribution in [2.24, 2.45) is 0 Å². The van der Waals surface area contributed by atoms with Gasteiger partial charge in [-0.25, -0.2) is 4.79 Å². The average Bonchev–Trinajstić information content (AvgIpc) is 2.28. The van der Waals surface area contributed by atoms with Crippen LogP contribution in [-0.4, -0.2) is 26.8 Å². The second-order valence-electron chi connectivity index (χ2n) is 4.31. The number of esters is 1. The van der Waals surface area contributed by atoms with Gasteiger partial charge < -0.3 is 9.16 Å². The van der Waals surface area contributed by atoms with Crippen molar-refractivity contribution in [1.29, 1.82) is 0 Å². The third kappa shape index (κ3) is 5.32. The van der Waals surface area contributed by atoms with Crippen molar-refractivity contribution in [2.45, 2.75) is 51.1 Å². The SMILES string of the molecule is CCCCOC(=O)CO[Si]1(Cl)CCCCC1. The summed E-state index contributed by atoms with van der Waals surface area (Å²) in [4.78, 5) is 11.3. The zero-order valence-electron chi connectivity index (χ0n) is 9.97. The Balaban J connectivity index is 2.14. The summed E-state index contributed by atoms with van der Waals surface area (Å²) in [6.45, 7) is 2.60. The average molecular weight is 265 g/mol. The first kappa shape index (κ1) is 14.0. The molecule has 5 heteroatoms. The highest BCUT2D eigenvalue weighted by molar-refractivity contribution is 7.16. The molecule has 3 nitrogen and oxygen atoms in total. The molecule has 1 fully saturated rings. The molecule has 0 radical (unpaired) electrons. The van der Waals surface area contributed by atoms with Crippen LogP contribution in [0, 0.1) is 0 Å². The van der Waals surface area contributed by atoms with Crippen LogP contribution in [0.4, 0.5) is 0 Å². The lowest BCUT2D eigenvalue weighted by Gasteiger charge is -2.27. The van der Waals surface area contributed by atoms with Crippen molar-refractivity contribution < 1.29 is 14.0 Å². The van der Waals surface area contributed by atoms with Gasteiger partial charge in [-0.15, -0.1) is 11.1 Å². The van der Waals surface area contributed by atoms with Crippen LogP contribution in [-0.2, 0) is 14.0 Å². The molecule has 0 aromatic heterocycles. The molecule has 1 aliphatic heterocycles. The van der Waals surface area contributed by atoms with Gasteiger partial charge in [0, 0.05) is 0 Å². The smallest absolute Gasteiger partial charge is 0.330 e. The topological polar surface area (TPSA) is 35.5 Å². The third-order valence-electron chi connectivity index (χ3n) is 2.81. The van der Waals surface area contributed by atoms with E-state index in [1.807, 2.05) is 0 Å². The standard InChI is InChI=1S/C11H21ClO3Si/c1-2-3-7-14-11(13)10-15-16(12)8-5-4-6-9-16/h2-10H2,1H3. The van der Waals surface area contributed by atoms with E-state index in [0.717, 1.165) is 37.8 Å². The molecule has 0 aromatic rings. The van der Waals surface area contributed by atoms with Crippen molar-refractivity contribution in [3.8, 4) is 0 Å². The summed E-state index contributed by atoms with van der Waals surface area (Å²) in [5, 5.41) is 0. The molecule has 0 saturated carbocycles. The van der Waals surface area contributed by atoms with E-state index in [2.05, 4.69) is 6.92 Å². The summed E-state index contributed by atoms with van der Waals surface area (Å²) in [5.74, 6) is -0.272. The Bertz CT molecular complexity index is 217. The van der Waals surface area contributed by atoms with E-state index in [1.165, 1.54) is 6.42 Å². The molecule has 1 aliphatic rings. The van der Waals surface area contributed by atoms with E-state index in [-0.39, 0.29) is 12.6 Å². The van der Waals surface area contributed by atoms with Gasteiger partial charge in [0.1, 0.15) is 6.61 Å². The third-order valence-corrected chi connectivity index (χ3v) is 7.13. The normalized spacial score (nSPS) is 19.4. The summed E-state index contributed by atoms with van der Waals surface area (Å²) < 4.78 is 10.6. The Morgan fingerprint density at radius 1 is 1.31 bits per heavy atom. The van der Waals surface area contributed by atoms with Crippen LogP contribution in [0.25, 0.3) is 0 Å². The lowest BCUT2D eigenvalue weighted by atomic mass is 10.3. The molecule has 0 N–H and O–H groups in total. The van der Waals surface area contributed by atoms with Crippen LogP contribution in [0.2, 0.25) is 12.1 Å². The molecule has 0 atom stereocenters. The zero-order valence-corrected chi connectivity index (χ0v) is 11.7. The Morgan fingerprint density at radius 2 is 2.00 bits per heavy atom. The molecular weight excluding hydrogens is 244 g/mol. The Kier molecular flexibility index (Phi) is 6.39. The fourth-order valence-electron chi connectivity index (χ4n) is 1.78. The van der Waals surface area contributed by atoms with E-state index in [9.17, 15) is 4.79 Å². The number of hydrogen-bond donors (Lipinski definition) is 0. The van der Waals surface area contributed by atoms with E-state index >= 15 is 0 Å². The van der Waals surface area contributed by atoms with Gasteiger partial charge in [0.15, 0.2) is 0 Å². The van der Waals surface area contributed by atoms with Gasteiger partial charge in [0.25, 0.3) is 7.63 Å². The van der Waals surface area contributed by atoms with Crippen molar-refractivity contribution in [3.05, 3.63) is 0 Å². The van der Waals surface area contributed by atoms with Gasteiger partial charge in [-0.3, -0.25) is 0 Å². The quantitative estimate of drug-likeness (QED) is 0.320. The van der Waals surface area contributed by atoms with E-state index in [0.29, 0.717) is 6.61 Å². The molecule has 0 aliphatic carbocycles. The van der Waals surface area contributed by atoms with Crippen molar-refractivity contribution >= 4 is 24.7 Å².